The summed E-state index contributed by atoms with van der Waals surface area (Å²) in [5, 5.41) is 19.3. The number of fused-ring (bicyclic) bond motifs is 1. The standard InChI is InChI=1S/C23H12Cl2FN7O3S2/c24-17-8-14(26)9-18(25)16(17)6-7-38(35,36)31-15-10-28-20-19(23(34)33(12-27)32(20)11-15)22-30-29-21(37-22)13-4-2-1-3-5-13/h1-11,31H/b7-6+. The Hall–Kier alpha value is -4.09. The third kappa shape index (κ3) is 4.90. The minimum Gasteiger partial charge on any atom is -0.277 e. The van der Waals surface area contributed by atoms with Gasteiger partial charge in [0, 0.05) is 11.1 Å². The first-order chi connectivity index (χ1) is 18.2. The summed E-state index contributed by atoms with van der Waals surface area (Å²) in [5.74, 6) is -0.669. The molecule has 10 nitrogen and oxygen atoms in total. The zero-order chi connectivity index (χ0) is 27.0. The Balaban J connectivity index is 1.50. The van der Waals surface area contributed by atoms with Crippen LogP contribution >= 0.6 is 34.5 Å². The normalized spacial score (nSPS) is 11.7. The Labute approximate surface area is 227 Å². The highest BCUT2D eigenvalue weighted by atomic mass is 35.5. The van der Waals surface area contributed by atoms with Crippen LogP contribution in [0.1, 0.15) is 5.56 Å². The molecule has 0 fully saturated rings. The Bertz CT molecular complexity index is 1920. The first kappa shape index (κ1) is 25.6. The van der Waals surface area contributed by atoms with E-state index in [9.17, 15) is 22.9 Å². The van der Waals surface area contributed by atoms with E-state index in [4.69, 9.17) is 23.2 Å². The number of halogens is 3. The average molecular weight is 588 g/mol. The van der Waals surface area contributed by atoms with Crippen molar-refractivity contribution < 1.29 is 12.8 Å². The molecule has 5 rings (SSSR count). The second kappa shape index (κ2) is 9.99. The summed E-state index contributed by atoms with van der Waals surface area (Å²) in [4.78, 5) is 17.2. The number of nitriles is 1. The van der Waals surface area contributed by atoms with Gasteiger partial charge in [0.05, 0.1) is 33.5 Å². The summed E-state index contributed by atoms with van der Waals surface area (Å²) in [6, 6.07) is 11.2. The number of aromatic nitrogens is 5. The van der Waals surface area contributed by atoms with Gasteiger partial charge in [0.2, 0.25) is 6.19 Å². The molecule has 0 aliphatic heterocycles. The molecule has 0 atom stereocenters. The van der Waals surface area contributed by atoms with Crippen LogP contribution in [0.5, 0.6) is 0 Å². The van der Waals surface area contributed by atoms with Gasteiger partial charge in [-0.15, -0.1) is 14.9 Å². The fraction of sp³-hybridized carbons (Fsp3) is 0. The van der Waals surface area contributed by atoms with E-state index in [1.807, 2.05) is 30.3 Å². The lowest BCUT2D eigenvalue weighted by Gasteiger charge is -2.06. The number of anilines is 1. The van der Waals surface area contributed by atoms with E-state index in [0.717, 1.165) is 45.0 Å². The smallest absolute Gasteiger partial charge is 0.277 e. The Kier molecular flexibility index (Phi) is 6.72. The Morgan fingerprint density at radius 2 is 1.79 bits per heavy atom. The molecule has 3 aromatic heterocycles. The summed E-state index contributed by atoms with van der Waals surface area (Å²) >= 11 is 13.1. The van der Waals surface area contributed by atoms with Gasteiger partial charge in [0.1, 0.15) is 16.4 Å². The number of nitrogens with one attached hydrogen (secondary N) is 1. The molecule has 0 amide bonds. The van der Waals surface area contributed by atoms with Gasteiger partial charge < -0.3 is 0 Å². The highest BCUT2D eigenvalue weighted by molar-refractivity contribution is 7.95. The summed E-state index contributed by atoms with van der Waals surface area (Å²) in [6.07, 6.45) is 5.27. The van der Waals surface area contributed by atoms with Crippen LogP contribution in [0.2, 0.25) is 10.0 Å². The molecule has 0 aliphatic carbocycles. The van der Waals surface area contributed by atoms with E-state index >= 15 is 0 Å². The van der Waals surface area contributed by atoms with E-state index < -0.39 is 21.4 Å². The molecule has 3 heterocycles. The van der Waals surface area contributed by atoms with Crippen molar-refractivity contribution in [3.05, 3.63) is 92.0 Å². The van der Waals surface area contributed by atoms with Crippen molar-refractivity contribution in [2.45, 2.75) is 0 Å². The predicted octanol–water partition coefficient (Wildman–Crippen LogP) is 4.87. The maximum Gasteiger partial charge on any atom is 0.293 e. The third-order valence-corrected chi connectivity index (χ3v) is 7.75. The molecule has 0 spiro atoms. The van der Waals surface area contributed by atoms with Gasteiger partial charge in [-0.25, -0.2) is 22.3 Å². The van der Waals surface area contributed by atoms with E-state index in [1.165, 1.54) is 12.4 Å². The molecule has 0 radical (unpaired) electrons. The molecule has 15 heteroatoms. The summed E-state index contributed by atoms with van der Waals surface area (Å²) in [5.41, 5.74) is 0.287. The first-order valence-corrected chi connectivity index (χ1v) is 13.6. The number of nitrogens with zero attached hydrogens (tertiary/aromatic N) is 6. The molecule has 0 saturated heterocycles. The second-order valence-electron chi connectivity index (χ2n) is 7.61. The minimum absolute atomic E-state index is 0.0427. The van der Waals surface area contributed by atoms with E-state index in [2.05, 4.69) is 19.9 Å². The van der Waals surface area contributed by atoms with Crippen molar-refractivity contribution in [1.29, 1.82) is 5.26 Å². The predicted molar refractivity (Wildman–Crippen MR) is 143 cm³/mol. The van der Waals surface area contributed by atoms with Crippen LogP contribution in [0.15, 0.2) is 65.1 Å². The fourth-order valence-electron chi connectivity index (χ4n) is 3.47. The van der Waals surface area contributed by atoms with Crippen LogP contribution in [0.3, 0.4) is 0 Å². The average Bonchev–Trinajstić information content (AvgIpc) is 3.45. The van der Waals surface area contributed by atoms with Crippen molar-refractivity contribution in [3.63, 3.8) is 0 Å². The van der Waals surface area contributed by atoms with Gasteiger partial charge >= 0.3 is 0 Å². The van der Waals surface area contributed by atoms with Gasteiger partial charge in [-0.3, -0.25) is 9.52 Å². The highest BCUT2D eigenvalue weighted by Gasteiger charge is 2.22. The molecular weight excluding hydrogens is 576 g/mol. The number of hydrogen-bond acceptors (Lipinski definition) is 8. The number of rotatable bonds is 6. The van der Waals surface area contributed by atoms with Crippen LogP contribution < -0.4 is 10.3 Å². The zero-order valence-electron chi connectivity index (χ0n) is 18.7. The topological polar surface area (TPSA) is 135 Å². The largest absolute Gasteiger partial charge is 0.293 e. The number of benzene rings is 2. The van der Waals surface area contributed by atoms with Crippen LogP contribution in [0, 0.1) is 17.3 Å². The van der Waals surface area contributed by atoms with Crippen LogP contribution in [0.25, 0.3) is 32.9 Å². The lowest BCUT2D eigenvalue weighted by atomic mass is 10.2. The molecule has 0 unspecified atom stereocenters. The van der Waals surface area contributed by atoms with Gasteiger partial charge in [-0.05, 0) is 18.2 Å². The third-order valence-electron chi connectivity index (χ3n) is 5.12. The second-order valence-corrected chi connectivity index (χ2v) is 11.0. The lowest BCUT2D eigenvalue weighted by Crippen LogP contribution is -2.16. The first-order valence-electron chi connectivity index (χ1n) is 10.4. The van der Waals surface area contributed by atoms with Crippen molar-refractivity contribution in [2.24, 2.45) is 0 Å². The van der Waals surface area contributed by atoms with E-state index in [1.54, 1.807) is 6.19 Å². The van der Waals surface area contributed by atoms with Gasteiger partial charge in [0.25, 0.3) is 15.6 Å². The van der Waals surface area contributed by atoms with Crippen LogP contribution in [0.4, 0.5) is 10.1 Å². The van der Waals surface area contributed by atoms with E-state index in [-0.39, 0.29) is 37.5 Å². The summed E-state index contributed by atoms with van der Waals surface area (Å²) < 4.78 is 42.8. The highest BCUT2D eigenvalue weighted by Crippen LogP contribution is 2.31. The zero-order valence-corrected chi connectivity index (χ0v) is 21.9. The van der Waals surface area contributed by atoms with Crippen LogP contribution in [-0.2, 0) is 10.0 Å². The monoisotopic (exact) mass is 587 g/mol. The molecule has 5 aromatic rings. The number of hydrogen-bond donors (Lipinski definition) is 1. The molecule has 1 N–H and O–H groups in total. The number of sulfonamides is 1. The van der Waals surface area contributed by atoms with Crippen LogP contribution in [-0.4, -0.2) is 32.8 Å². The maximum absolute atomic E-state index is 13.4. The fourth-order valence-corrected chi connectivity index (χ4v) is 5.76. The Morgan fingerprint density at radius 1 is 1.11 bits per heavy atom. The van der Waals surface area contributed by atoms with Crippen molar-refractivity contribution in [2.75, 3.05) is 4.72 Å². The molecule has 2 aromatic carbocycles. The molecule has 38 heavy (non-hydrogen) atoms. The summed E-state index contributed by atoms with van der Waals surface area (Å²) in [6.45, 7) is 0. The molecule has 0 bridgehead atoms. The van der Waals surface area contributed by atoms with E-state index in [0.29, 0.717) is 9.69 Å². The van der Waals surface area contributed by atoms with Crippen molar-refractivity contribution in [1.82, 2.24) is 24.4 Å². The van der Waals surface area contributed by atoms with Gasteiger partial charge in [0.15, 0.2) is 10.7 Å². The van der Waals surface area contributed by atoms with Crippen molar-refractivity contribution in [3.8, 4) is 27.3 Å². The molecule has 190 valence electrons. The SMILES string of the molecule is N#Cn1c(=O)c(-c2nnc(-c3ccccc3)s2)c2ncc(NS(=O)(=O)/C=C/c3c(Cl)cc(F)cc3Cl)cn21. The molecular formula is C23H12Cl2FN7O3S2. The van der Waals surface area contributed by atoms with Gasteiger partial charge in [-0.1, -0.05) is 64.9 Å². The lowest BCUT2D eigenvalue weighted by molar-refractivity contribution is 0.609. The molecule has 0 aliphatic rings. The van der Waals surface area contributed by atoms with Crippen molar-refractivity contribution >= 4 is 62.0 Å². The maximum atomic E-state index is 13.4. The Morgan fingerprint density at radius 3 is 2.47 bits per heavy atom. The summed E-state index contributed by atoms with van der Waals surface area (Å²) in [7, 11) is -4.13. The molecule has 0 saturated carbocycles. The quantitative estimate of drug-likeness (QED) is 0.299. The van der Waals surface area contributed by atoms with Gasteiger partial charge in [-0.2, -0.15) is 5.26 Å². The minimum atomic E-state index is -4.13.